The molecule has 0 aromatic heterocycles. The molecule has 0 saturated carbocycles. The second kappa shape index (κ2) is 15.7. The summed E-state index contributed by atoms with van der Waals surface area (Å²) in [7, 11) is 3.27. The molecular formula is C40H42N4O6. The van der Waals surface area contributed by atoms with Crippen LogP contribution < -0.4 is 18.9 Å². The summed E-state index contributed by atoms with van der Waals surface area (Å²) in [5.74, 6) is 2.93. The molecule has 2 aliphatic rings. The van der Waals surface area contributed by atoms with Crippen LogP contribution in [-0.4, -0.2) is 60.7 Å². The number of carbonyl (C=O) groups is 2. The third-order valence-corrected chi connectivity index (χ3v) is 8.92. The number of ether oxygens (including phenoxy) is 4. The lowest BCUT2D eigenvalue weighted by atomic mass is 9.98. The maximum atomic E-state index is 12.4. The number of hydrogen-bond donors (Lipinski definition) is 0. The Balaban J connectivity index is 0.938. The summed E-state index contributed by atoms with van der Waals surface area (Å²) in [5.41, 5.74) is 5.69. The number of carbonyl (C=O) groups excluding carboxylic acids is 2. The number of hydrazone groups is 2. The van der Waals surface area contributed by atoms with Gasteiger partial charge < -0.3 is 18.9 Å². The van der Waals surface area contributed by atoms with Crippen molar-refractivity contribution in [3.05, 3.63) is 119 Å². The third kappa shape index (κ3) is 7.97. The number of nitrogens with zero attached hydrogens (tertiary/aromatic N) is 4. The lowest BCUT2D eigenvalue weighted by Crippen LogP contribution is -2.24. The van der Waals surface area contributed by atoms with Crippen LogP contribution in [0.5, 0.6) is 23.0 Å². The van der Waals surface area contributed by atoms with Gasteiger partial charge in [0.2, 0.25) is 11.8 Å². The number of methoxy groups -OCH3 is 2. The zero-order chi connectivity index (χ0) is 35.0. The van der Waals surface area contributed by atoms with E-state index >= 15 is 0 Å². The van der Waals surface area contributed by atoms with E-state index in [-0.39, 0.29) is 23.9 Å². The number of amides is 2. The monoisotopic (exact) mass is 674 g/mol. The molecule has 2 atom stereocenters. The van der Waals surface area contributed by atoms with E-state index < -0.39 is 0 Å². The van der Waals surface area contributed by atoms with Gasteiger partial charge in [0, 0.05) is 26.7 Å². The minimum atomic E-state index is -0.150. The van der Waals surface area contributed by atoms with Crippen molar-refractivity contribution >= 4 is 23.2 Å². The van der Waals surface area contributed by atoms with Crippen molar-refractivity contribution in [1.82, 2.24) is 10.0 Å². The first-order valence-corrected chi connectivity index (χ1v) is 16.8. The predicted octanol–water partition coefficient (Wildman–Crippen LogP) is 7.34. The van der Waals surface area contributed by atoms with Crippen molar-refractivity contribution < 1.29 is 28.5 Å². The van der Waals surface area contributed by atoms with Crippen LogP contribution >= 0.6 is 0 Å². The van der Waals surface area contributed by atoms with Gasteiger partial charge in [-0.2, -0.15) is 10.2 Å². The van der Waals surface area contributed by atoms with Crippen LogP contribution in [0.15, 0.2) is 107 Å². The van der Waals surface area contributed by atoms with Gasteiger partial charge in [-0.3, -0.25) is 9.59 Å². The van der Waals surface area contributed by atoms with E-state index in [1.165, 1.54) is 13.8 Å². The van der Waals surface area contributed by atoms with E-state index in [4.69, 9.17) is 18.9 Å². The molecule has 0 fully saturated rings. The van der Waals surface area contributed by atoms with Crippen molar-refractivity contribution in [1.29, 1.82) is 0 Å². The van der Waals surface area contributed by atoms with Gasteiger partial charge in [-0.1, -0.05) is 24.3 Å². The van der Waals surface area contributed by atoms with E-state index in [9.17, 15) is 9.59 Å². The molecule has 10 heteroatoms. The molecule has 4 aromatic carbocycles. The smallest absolute Gasteiger partial charge is 0.240 e. The van der Waals surface area contributed by atoms with E-state index in [0.717, 1.165) is 69.5 Å². The Hall–Kier alpha value is -5.64. The summed E-state index contributed by atoms with van der Waals surface area (Å²) >= 11 is 0. The normalized spacial score (nSPS) is 16.9. The fraction of sp³-hybridized carbons (Fsp3) is 0.300. The van der Waals surface area contributed by atoms with Crippen LogP contribution in [-0.2, 0) is 9.59 Å². The highest BCUT2D eigenvalue weighted by molar-refractivity contribution is 6.04. The molecule has 2 heterocycles. The molecule has 0 N–H and O–H groups in total. The van der Waals surface area contributed by atoms with Crippen LogP contribution in [0.2, 0.25) is 0 Å². The Morgan fingerprint density at radius 1 is 0.560 bits per heavy atom. The highest BCUT2D eigenvalue weighted by Gasteiger charge is 2.32. The molecule has 4 aromatic rings. The van der Waals surface area contributed by atoms with Gasteiger partial charge in [0.15, 0.2) is 0 Å². The van der Waals surface area contributed by atoms with Gasteiger partial charge in [-0.25, -0.2) is 10.0 Å². The third-order valence-electron chi connectivity index (χ3n) is 8.92. The molecule has 0 spiro atoms. The van der Waals surface area contributed by atoms with E-state index in [0.29, 0.717) is 26.1 Å². The maximum Gasteiger partial charge on any atom is 0.240 e. The second-order valence-electron chi connectivity index (χ2n) is 12.3. The van der Waals surface area contributed by atoms with Crippen LogP contribution in [0.3, 0.4) is 0 Å². The number of hydrogen-bond acceptors (Lipinski definition) is 8. The molecule has 50 heavy (non-hydrogen) atoms. The van der Waals surface area contributed by atoms with Crippen LogP contribution in [0, 0.1) is 0 Å². The lowest BCUT2D eigenvalue weighted by molar-refractivity contribution is -0.131. The Labute approximate surface area is 292 Å². The summed E-state index contributed by atoms with van der Waals surface area (Å²) in [4.78, 5) is 24.7. The SMILES string of the molecule is COc1ccc(C2CC(c3ccc(OCCCCOc4ccc(C5=NN(C(C)=O)C(c6ccc(OC)cc6)C5)cc4)cc3)=NN2C(C)=O)cc1. The molecule has 0 radical (unpaired) electrons. The first kappa shape index (κ1) is 34.2. The predicted molar refractivity (Wildman–Crippen MR) is 192 cm³/mol. The zero-order valence-electron chi connectivity index (χ0n) is 28.9. The minimum Gasteiger partial charge on any atom is -0.497 e. The van der Waals surface area contributed by atoms with Crippen molar-refractivity contribution in [3.8, 4) is 23.0 Å². The molecule has 2 aliphatic heterocycles. The largest absolute Gasteiger partial charge is 0.497 e. The highest BCUT2D eigenvalue weighted by atomic mass is 16.5. The number of unbranched alkanes of at least 4 members (excludes halogenated alkanes) is 1. The Morgan fingerprint density at radius 3 is 1.22 bits per heavy atom. The standard InChI is InChI=1S/C40H42N4O6/c1-27(45)43-39(31-11-15-33(47-3)16-12-31)25-37(41-43)29-7-19-35(20-8-29)49-23-5-6-24-50-36-21-9-30(10-22-36)38-26-40(44(42-38)28(2)46)32-13-17-34(48-4)18-14-32/h7-22,39-40H,5-6,23-26H2,1-4H3. The van der Waals surface area contributed by atoms with Gasteiger partial charge in [0.05, 0.1) is 50.9 Å². The lowest BCUT2D eigenvalue weighted by Gasteiger charge is -2.20. The van der Waals surface area contributed by atoms with Crippen molar-refractivity contribution in [2.75, 3.05) is 27.4 Å². The molecule has 0 bridgehead atoms. The van der Waals surface area contributed by atoms with Crippen LogP contribution in [0.4, 0.5) is 0 Å². The summed E-state index contributed by atoms with van der Waals surface area (Å²) in [5, 5.41) is 12.4. The quantitative estimate of drug-likeness (QED) is 0.138. The maximum absolute atomic E-state index is 12.4. The van der Waals surface area contributed by atoms with Crippen molar-refractivity contribution in [2.45, 2.75) is 51.6 Å². The molecule has 258 valence electrons. The fourth-order valence-corrected chi connectivity index (χ4v) is 6.19. The van der Waals surface area contributed by atoms with Gasteiger partial charge in [-0.05, 0) is 108 Å². The van der Waals surface area contributed by atoms with E-state index in [1.807, 2.05) is 97.1 Å². The average Bonchev–Trinajstić information content (AvgIpc) is 3.80. The molecule has 2 amide bonds. The Morgan fingerprint density at radius 2 is 0.900 bits per heavy atom. The van der Waals surface area contributed by atoms with E-state index in [2.05, 4.69) is 10.2 Å². The Kier molecular flexibility index (Phi) is 10.8. The van der Waals surface area contributed by atoms with Crippen LogP contribution in [0.25, 0.3) is 0 Å². The molecule has 2 unspecified atom stereocenters. The van der Waals surface area contributed by atoms with Crippen LogP contribution in [0.1, 0.15) is 73.9 Å². The molecular weight excluding hydrogens is 632 g/mol. The molecule has 10 nitrogen and oxygen atoms in total. The fourth-order valence-electron chi connectivity index (χ4n) is 6.19. The van der Waals surface area contributed by atoms with Gasteiger partial charge >= 0.3 is 0 Å². The van der Waals surface area contributed by atoms with Gasteiger partial charge in [0.1, 0.15) is 23.0 Å². The summed E-state index contributed by atoms with van der Waals surface area (Å²) in [6, 6.07) is 31.0. The van der Waals surface area contributed by atoms with Gasteiger partial charge in [-0.15, -0.1) is 0 Å². The van der Waals surface area contributed by atoms with Crippen molar-refractivity contribution in [2.24, 2.45) is 10.2 Å². The molecule has 6 rings (SSSR count). The highest BCUT2D eigenvalue weighted by Crippen LogP contribution is 2.35. The first-order valence-electron chi connectivity index (χ1n) is 16.8. The zero-order valence-corrected chi connectivity index (χ0v) is 28.9. The summed E-state index contributed by atoms with van der Waals surface area (Å²) in [6.07, 6.45) is 2.95. The Bertz CT molecular complexity index is 1700. The summed E-state index contributed by atoms with van der Waals surface area (Å²) in [6.45, 7) is 4.22. The van der Waals surface area contributed by atoms with Gasteiger partial charge in [0.25, 0.3) is 0 Å². The molecule has 0 saturated heterocycles. The molecule has 0 aliphatic carbocycles. The average molecular weight is 675 g/mol. The van der Waals surface area contributed by atoms with E-state index in [1.54, 1.807) is 24.2 Å². The second-order valence-corrected chi connectivity index (χ2v) is 12.3. The summed E-state index contributed by atoms with van der Waals surface area (Å²) < 4.78 is 22.5. The number of rotatable bonds is 13. The van der Waals surface area contributed by atoms with Crippen molar-refractivity contribution in [3.63, 3.8) is 0 Å². The topological polar surface area (TPSA) is 102 Å². The number of benzene rings is 4. The first-order chi connectivity index (χ1) is 24.3. The minimum absolute atomic E-state index is 0.0950.